The first-order valence-corrected chi connectivity index (χ1v) is 6.03. The van der Waals surface area contributed by atoms with Gasteiger partial charge in [-0.1, -0.05) is 0 Å². The highest BCUT2D eigenvalue weighted by Crippen LogP contribution is 2.32. The molecule has 0 fully saturated rings. The lowest BCUT2D eigenvalue weighted by Crippen LogP contribution is -1.92. The number of methoxy groups -OCH3 is 2. The van der Waals surface area contributed by atoms with Crippen molar-refractivity contribution >= 4 is 15.9 Å². The van der Waals surface area contributed by atoms with Crippen molar-refractivity contribution in [3.63, 3.8) is 0 Å². The number of nitrogens with zero attached hydrogens (tertiary/aromatic N) is 1. The predicted octanol–water partition coefficient (Wildman–Crippen LogP) is 3.65. The summed E-state index contributed by atoms with van der Waals surface area (Å²) in [5.74, 6) is 2.42. The molecule has 1 aromatic carbocycles. The van der Waals surface area contributed by atoms with E-state index in [-0.39, 0.29) is 0 Å². The van der Waals surface area contributed by atoms with E-state index in [0.29, 0.717) is 23.1 Å². The predicted molar refractivity (Wildman–Crippen MR) is 71.6 cm³/mol. The SMILES string of the molecule is COc1cc(OC)cc(Oc2ncccc2Br)c1. The number of pyridine rings is 1. The molecule has 4 nitrogen and oxygen atoms in total. The van der Waals surface area contributed by atoms with Gasteiger partial charge < -0.3 is 14.2 Å². The average molecular weight is 310 g/mol. The van der Waals surface area contributed by atoms with E-state index in [1.165, 1.54) is 0 Å². The third kappa shape index (κ3) is 2.92. The highest BCUT2D eigenvalue weighted by atomic mass is 79.9. The van der Waals surface area contributed by atoms with Gasteiger partial charge in [-0.3, -0.25) is 0 Å². The molecule has 0 unspecified atom stereocenters. The Kier molecular flexibility index (Phi) is 4.04. The van der Waals surface area contributed by atoms with E-state index in [1.807, 2.05) is 12.1 Å². The van der Waals surface area contributed by atoms with Gasteiger partial charge in [-0.2, -0.15) is 0 Å². The molecule has 18 heavy (non-hydrogen) atoms. The van der Waals surface area contributed by atoms with Gasteiger partial charge in [-0.25, -0.2) is 4.98 Å². The van der Waals surface area contributed by atoms with Crippen LogP contribution in [0.25, 0.3) is 0 Å². The number of hydrogen-bond donors (Lipinski definition) is 0. The van der Waals surface area contributed by atoms with Gasteiger partial charge in [-0.15, -0.1) is 0 Å². The highest BCUT2D eigenvalue weighted by molar-refractivity contribution is 9.10. The van der Waals surface area contributed by atoms with Gasteiger partial charge in [0.15, 0.2) is 0 Å². The first-order valence-electron chi connectivity index (χ1n) is 5.24. The summed E-state index contributed by atoms with van der Waals surface area (Å²) in [7, 11) is 3.18. The molecule has 0 atom stereocenters. The zero-order chi connectivity index (χ0) is 13.0. The minimum atomic E-state index is 0.493. The van der Waals surface area contributed by atoms with Gasteiger partial charge >= 0.3 is 0 Å². The average Bonchev–Trinajstić information content (AvgIpc) is 2.41. The molecule has 0 spiro atoms. The summed E-state index contributed by atoms with van der Waals surface area (Å²) in [4.78, 5) is 4.13. The summed E-state index contributed by atoms with van der Waals surface area (Å²) >= 11 is 3.37. The zero-order valence-corrected chi connectivity index (χ0v) is 11.6. The zero-order valence-electron chi connectivity index (χ0n) is 10.0. The third-order valence-corrected chi connectivity index (χ3v) is 2.87. The molecule has 94 valence electrons. The molecule has 0 saturated carbocycles. The summed E-state index contributed by atoms with van der Waals surface area (Å²) < 4.78 is 16.8. The molecule has 5 heteroatoms. The lowest BCUT2D eigenvalue weighted by Gasteiger charge is -2.10. The number of rotatable bonds is 4. The Morgan fingerprint density at radius 1 is 1.00 bits per heavy atom. The molecule has 0 radical (unpaired) electrons. The largest absolute Gasteiger partial charge is 0.496 e. The van der Waals surface area contributed by atoms with Gasteiger partial charge in [0.1, 0.15) is 17.2 Å². The molecule has 0 aliphatic carbocycles. The monoisotopic (exact) mass is 309 g/mol. The van der Waals surface area contributed by atoms with Crippen LogP contribution in [0.2, 0.25) is 0 Å². The first-order chi connectivity index (χ1) is 8.72. The second kappa shape index (κ2) is 5.73. The van der Waals surface area contributed by atoms with Crippen LogP contribution in [0, 0.1) is 0 Å². The number of hydrogen-bond acceptors (Lipinski definition) is 4. The first kappa shape index (κ1) is 12.7. The van der Waals surface area contributed by atoms with Gasteiger partial charge in [0.05, 0.1) is 18.7 Å². The van der Waals surface area contributed by atoms with Crippen LogP contribution >= 0.6 is 15.9 Å². The molecule has 0 aliphatic heterocycles. The van der Waals surface area contributed by atoms with Gasteiger partial charge in [0, 0.05) is 24.4 Å². The van der Waals surface area contributed by atoms with E-state index >= 15 is 0 Å². The van der Waals surface area contributed by atoms with Crippen LogP contribution in [0.3, 0.4) is 0 Å². The maximum atomic E-state index is 5.68. The molecule has 1 aromatic heterocycles. The Bertz CT molecular complexity index is 523. The standard InChI is InChI=1S/C13H12BrNO3/c1-16-9-6-10(17-2)8-11(7-9)18-13-12(14)4-3-5-15-13/h3-8H,1-2H3. The Labute approximate surface area is 114 Å². The van der Waals surface area contributed by atoms with E-state index < -0.39 is 0 Å². The van der Waals surface area contributed by atoms with Gasteiger partial charge in [-0.05, 0) is 28.1 Å². The lowest BCUT2D eigenvalue weighted by atomic mass is 10.3. The van der Waals surface area contributed by atoms with Crippen molar-refractivity contribution in [2.75, 3.05) is 14.2 Å². The maximum Gasteiger partial charge on any atom is 0.233 e. The van der Waals surface area contributed by atoms with Crippen molar-refractivity contribution in [3.8, 4) is 23.1 Å². The van der Waals surface area contributed by atoms with Crippen molar-refractivity contribution in [2.24, 2.45) is 0 Å². The normalized spacial score (nSPS) is 9.94. The van der Waals surface area contributed by atoms with Crippen molar-refractivity contribution < 1.29 is 14.2 Å². The summed E-state index contributed by atoms with van der Waals surface area (Å²) in [5.41, 5.74) is 0. The number of benzene rings is 1. The fraction of sp³-hybridized carbons (Fsp3) is 0.154. The number of halogens is 1. The van der Waals surface area contributed by atoms with E-state index in [1.54, 1.807) is 38.6 Å². The molecule has 1 heterocycles. The molecule has 0 amide bonds. The smallest absolute Gasteiger partial charge is 0.233 e. The molecule has 0 N–H and O–H groups in total. The lowest BCUT2D eigenvalue weighted by molar-refractivity contribution is 0.384. The van der Waals surface area contributed by atoms with Crippen LogP contribution in [0.15, 0.2) is 41.0 Å². The number of aromatic nitrogens is 1. The minimum absolute atomic E-state index is 0.493. The Morgan fingerprint density at radius 2 is 1.61 bits per heavy atom. The molecule has 0 aliphatic rings. The Hall–Kier alpha value is -1.75. The van der Waals surface area contributed by atoms with Crippen LogP contribution < -0.4 is 14.2 Å². The fourth-order valence-corrected chi connectivity index (χ4v) is 1.73. The maximum absolute atomic E-state index is 5.68. The molecule has 2 aromatic rings. The summed E-state index contributed by atoms with van der Waals surface area (Å²) in [5, 5.41) is 0. The highest BCUT2D eigenvalue weighted by Gasteiger charge is 2.07. The van der Waals surface area contributed by atoms with Crippen molar-refractivity contribution in [1.82, 2.24) is 4.98 Å². The van der Waals surface area contributed by atoms with E-state index in [2.05, 4.69) is 20.9 Å². The third-order valence-electron chi connectivity index (χ3n) is 2.26. The van der Waals surface area contributed by atoms with E-state index in [0.717, 1.165) is 4.47 Å². The summed E-state index contributed by atoms with van der Waals surface area (Å²) in [6, 6.07) is 9.00. The summed E-state index contributed by atoms with van der Waals surface area (Å²) in [6.07, 6.45) is 1.66. The molecule has 0 bridgehead atoms. The second-order valence-corrected chi connectivity index (χ2v) is 4.30. The molecule has 0 saturated heterocycles. The van der Waals surface area contributed by atoms with E-state index in [9.17, 15) is 0 Å². The van der Waals surface area contributed by atoms with Crippen LogP contribution in [-0.4, -0.2) is 19.2 Å². The quantitative estimate of drug-likeness (QED) is 0.864. The topological polar surface area (TPSA) is 40.6 Å². The minimum Gasteiger partial charge on any atom is -0.496 e. The second-order valence-electron chi connectivity index (χ2n) is 3.44. The van der Waals surface area contributed by atoms with Crippen LogP contribution in [-0.2, 0) is 0 Å². The molecular formula is C13H12BrNO3. The Balaban J connectivity index is 2.31. The fourth-order valence-electron chi connectivity index (χ4n) is 1.40. The molecular weight excluding hydrogens is 298 g/mol. The van der Waals surface area contributed by atoms with Crippen LogP contribution in [0.4, 0.5) is 0 Å². The van der Waals surface area contributed by atoms with Crippen LogP contribution in [0.5, 0.6) is 23.1 Å². The number of ether oxygens (including phenoxy) is 3. The van der Waals surface area contributed by atoms with Crippen molar-refractivity contribution in [1.29, 1.82) is 0 Å². The van der Waals surface area contributed by atoms with Gasteiger partial charge in [0.25, 0.3) is 0 Å². The summed E-state index contributed by atoms with van der Waals surface area (Å²) in [6.45, 7) is 0. The van der Waals surface area contributed by atoms with E-state index in [4.69, 9.17) is 14.2 Å². The van der Waals surface area contributed by atoms with Gasteiger partial charge in [0.2, 0.25) is 5.88 Å². The van der Waals surface area contributed by atoms with Crippen molar-refractivity contribution in [2.45, 2.75) is 0 Å². The Morgan fingerprint density at radius 3 is 2.17 bits per heavy atom. The molecule has 2 rings (SSSR count). The van der Waals surface area contributed by atoms with Crippen molar-refractivity contribution in [3.05, 3.63) is 41.0 Å². The van der Waals surface area contributed by atoms with Crippen LogP contribution in [0.1, 0.15) is 0 Å².